The molecule has 0 spiro atoms. The second kappa shape index (κ2) is 2.40. The van der Waals surface area contributed by atoms with Crippen LogP contribution < -0.4 is 5.32 Å². The Kier molecular flexibility index (Phi) is 1.76. The topological polar surface area (TPSA) is 32.3 Å². The van der Waals surface area contributed by atoms with E-state index in [2.05, 4.69) is 11.9 Å². The summed E-state index contributed by atoms with van der Waals surface area (Å²) >= 11 is 0. The van der Waals surface area contributed by atoms with Crippen LogP contribution in [-0.2, 0) is 0 Å². The summed E-state index contributed by atoms with van der Waals surface area (Å²) in [5.74, 6) is 0. The summed E-state index contributed by atoms with van der Waals surface area (Å²) < 4.78 is 0. The first kappa shape index (κ1) is 6.62. The van der Waals surface area contributed by atoms with Gasteiger partial charge in [-0.25, -0.2) is 0 Å². The number of hydrogen-bond acceptors (Lipinski definition) is 2. The van der Waals surface area contributed by atoms with Gasteiger partial charge in [-0.05, 0) is 19.8 Å². The van der Waals surface area contributed by atoms with Crippen LogP contribution in [0.3, 0.4) is 0 Å². The third kappa shape index (κ3) is 1.72. The second-order valence-electron chi connectivity index (χ2n) is 2.75. The SMILES string of the molecule is C=C(C)NC1CC(O)C1. The molecule has 0 unspecified atom stereocenters. The Balaban J connectivity index is 2.11. The largest absolute Gasteiger partial charge is 0.393 e. The van der Waals surface area contributed by atoms with Crippen molar-refractivity contribution in [2.24, 2.45) is 0 Å². The van der Waals surface area contributed by atoms with Crippen molar-refractivity contribution in [3.8, 4) is 0 Å². The summed E-state index contributed by atoms with van der Waals surface area (Å²) in [6, 6.07) is 0.484. The van der Waals surface area contributed by atoms with E-state index in [4.69, 9.17) is 5.11 Å². The van der Waals surface area contributed by atoms with E-state index in [1.54, 1.807) is 0 Å². The van der Waals surface area contributed by atoms with Crippen LogP contribution in [0.25, 0.3) is 0 Å². The van der Waals surface area contributed by atoms with Crippen LogP contribution in [0.1, 0.15) is 19.8 Å². The molecule has 0 heterocycles. The van der Waals surface area contributed by atoms with Crippen molar-refractivity contribution in [1.29, 1.82) is 0 Å². The van der Waals surface area contributed by atoms with Crippen LogP contribution in [0.15, 0.2) is 12.3 Å². The Labute approximate surface area is 55.6 Å². The van der Waals surface area contributed by atoms with E-state index in [9.17, 15) is 0 Å². The van der Waals surface area contributed by atoms with Gasteiger partial charge < -0.3 is 10.4 Å². The van der Waals surface area contributed by atoms with E-state index in [0.717, 1.165) is 18.5 Å². The van der Waals surface area contributed by atoms with E-state index >= 15 is 0 Å². The van der Waals surface area contributed by atoms with Gasteiger partial charge in [0.2, 0.25) is 0 Å². The molecule has 0 amide bonds. The molecule has 1 saturated carbocycles. The van der Waals surface area contributed by atoms with E-state index in [1.165, 1.54) is 0 Å². The Morgan fingerprint density at radius 1 is 1.67 bits per heavy atom. The standard InChI is InChI=1S/C7H13NO/c1-5(2)8-6-3-7(9)4-6/h6-9H,1,3-4H2,2H3. The molecule has 1 aliphatic rings. The molecule has 2 nitrogen and oxygen atoms in total. The normalized spacial score (nSPS) is 33.1. The molecule has 9 heavy (non-hydrogen) atoms. The summed E-state index contributed by atoms with van der Waals surface area (Å²) in [4.78, 5) is 0. The molecule has 0 aromatic heterocycles. The average Bonchev–Trinajstić information content (AvgIpc) is 1.60. The minimum atomic E-state index is -0.0677. The van der Waals surface area contributed by atoms with Crippen LogP contribution in [0.2, 0.25) is 0 Å². The number of aliphatic hydroxyl groups excluding tert-OH is 1. The average molecular weight is 127 g/mol. The fourth-order valence-electron chi connectivity index (χ4n) is 1.05. The number of rotatable bonds is 2. The third-order valence-electron chi connectivity index (χ3n) is 1.56. The van der Waals surface area contributed by atoms with E-state index in [1.807, 2.05) is 6.92 Å². The summed E-state index contributed by atoms with van der Waals surface area (Å²) in [6.07, 6.45) is 1.70. The van der Waals surface area contributed by atoms with E-state index < -0.39 is 0 Å². The molecule has 1 fully saturated rings. The van der Waals surface area contributed by atoms with Gasteiger partial charge in [0.25, 0.3) is 0 Å². The lowest BCUT2D eigenvalue weighted by Gasteiger charge is -2.32. The van der Waals surface area contributed by atoms with Crippen LogP contribution in [0.5, 0.6) is 0 Å². The highest BCUT2D eigenvalue weighted by Gasteiger charge is 2.26. The predicted octanol–water partition coefficient (Wildman–Crippen LogP) is 0.633. The quantitative estimate of drug-likeness (QED) is 0.570. The lowest BCUT2D eigenvalue weighted by molar-refractivity contribution is 0.0665. The van der Waals surface area contributed by atoms with Crippen molar-refractivity contribution in [1.82, 2.24) is 5.32 Å². The monoisotopic (exact) mass is 127 g/mol. The first-order chi connectivity index (χ1) is 4.18. The summed E-state index contributed by atoms with van der Waals surface area (Å²) in [7, 11) is 0. The highest BCUT2D eigenvalue weighted by atomic mass is 16.3. The van der Waals surface area contributed by atoms with Gasteiger partial charge >= 0.3 is 0 Å². The molecular weight excluding hydrogens is 114 g/mol. The predicted molar refractivity (Wildman–Crippen MR) is 37.0 cm³/mol. The zero-order valence-corrected chi connectivity index (χ0v) is 5.72. The molecule has 0 atom stereocenters. The second-order valence-corrected chi connectivity index (χ2v) is 2.75. The first-order valence-corrected chi connectivity index (χ1v) is 3.28. The fourth-order valence-corrected chi connectivity index (χ4v) is 1.05. The summed E-state index contributed by atoms with van der Waals surface area (Å²) in [5, 5.41) is 12.0. The number of allylic oxidation sites excluding steroid dienone is 1. The van der Waals surface area contributed by atoms with Crippen molar-refractivity contribution in [3.05, 3.63) is 12.3 Å². The van der Waals surface area contributed by atoms with Gasteiger partial charge in [0, 0.05) is 11.7 Å². The van der Waals surface area contributed by atoms with Gasteiger partial charge in [0.15, 0.2) is 0 Å². The molecule has 0 saturated heterocycles. The minimum absolute atomic E-state index is 0.0677. The summed E-state index contributed by atoms with van der Waals surface area (Å²) in [6.45, 7) is 5.64. The van der Waals surface area contributed by atoms with Crippen LogP contribution in [-0.4, -0.2) is 17.3 Å². The molecule has 0 aromatic rings. The number of nitrogens with one attached hydrogen (secondary N) is 1. The maximum absolute atomic E-state index is 8.86. The van der Waals surface area contributed by atoms with E-state index in [-0.39, 0.29) is 6.10 Å². The third-order valence-corrected chi connectivity index (χ3v) is 1.56. The molecule has 0 aliphatic heterocycles. The zero-order chi connectivity index (χ0) is 6.85. The summed E-state index contributed by atoms with van der Waals surface area (Å²) in [5.41, 5.74) is 0.992. The fraction of sp³-hybridized carbons (Fsp3) is 0.714. The van der Waals surface area contributed by atoms with Gasteiger partial charge in [0.05, 0.1) is 6.10 Å². The van der Waals surface area contributed by atoms with Crippen molar-refractivity contribution >= 4 is 0 Å². The molecule has 2 heteroatoms. The molecule has 2 N–H and O–H groups in total. The van der Waals surface area contributed by atoms with E-state index in [0.29, 0.717) is 6.04 Å². The smallest absolute Gasteiger partial charge is 0.0579 e. The van der Waals surface area contributed by atoms with Crippen LogP contribution >= 0.6 is 0 Å². The number of hydrogen-bond donors (Lipinski definition) is 2. The lowest BCUT2D eigenvalue weighted by Crippen LogP contribution is -2.42. The Morgan fingerprint density at radius 3 is 2.56 bits per heavy atom. The minimum Gasteiger partial charge on any atom is -0.393 e. The van der Waals surface area contributed by atoms with Crippen molar-refractivity contribution in [3.63, 3.8) is 0 Å². The highest BCUT2D eigenvalue weighted by molar-refractivity contribution is 4.94. The number of aliphatic hydroxyl groups is 1. The maximum Gasteiger partial charge on any atom is 0.0579 e. The molecule has 0 bridgehead atoms. The lowest BCUT2D eigenvalue weighted by atomic mass is 9.89. The Bertz CT molecular complexity index is 116. The first-order valence-electron chi connectivity index (χ1n) is 3.28. The highest BCUT2D eigenvalue weighted by Crippen LogP contribution is 2.19. The van der Waals surface area contributed by atoms with Crippen LogP contribution in [0, 0.1) is 0 Å². The van der Waals surface area contributed by atoms with Gasteiger partial charge in [-0.2, -0.15) is 0 Å². The van der Waals surface area contributed by atoms with Gasteiger partial charge in [-0.15, -0.1) is 0 Å². The molecule has 0 radical (unpaired) electrons. The maximum atomic E-state index is 8.86. The molecular formula is C7H13NO. The molecule has 1 rings (SSSR count). The van der Waals surface area contributed by atoms with Crippen molar-refractivity contribution in [2.45, 2.75) is 31.9 Å². The Hall–Kier alpha value is -0.500. The van der Waals surface area contributed by atoms with Gasteiger partial charge in [-0.1, -0.05) is 6.58 Å². The molecule has 52 valence electrons. The van der Waals surface area contributed by atoms with Gasteiger partial charge in [0.1, 0.15) is 0 Å². The van der Waals surface area contributed by atoms with Crippen LogP contribution in [0.4, 0.5) is 0 Å². The molecule has 1 aliphatic carbocycles. The zero-order valence-electron chi connectivity index (χ0n) is 5.72. The Morgan fingerprint density at radius 2 is 2.22 bits per heavy atom. The van der Waals surface area contributed by atoms with Gasteiger partial charge in [-0.3, -0.25) is 0 Å². The van der Waals surface area contributed by atoms with Crippen molar-refractivity contribution < 1.29 is 5.11 Å². The molecule has 0 aromatic carbocycles. The van der Waals surface area contributed by atoms with Crippen molar-refractivity contribution in [2.75, 3.05) is 0 Å².